The smallest absolute Gasteiger partial charge is 0.347 e. The highest BCUT2D eigenvalue weighted by Gasteiger charge is 2.18. The van der Waals surface area contributed by atoms with E-state index < -0.39 is 11.7 Å². The Morgan fingerprint density at radius 1 is 0.865 bits per heavy atom. The van der Waals surface area contributed by atoms with Crippen molar-refractivity contribution >= 4 is 22.5 Å². The lowest BCUT2D eigenvalue weighted by Crippen LogP contribution is -2.37. The number of nitrogens with one attached hydrogen (secondary N) is 1. The summed E-state index contributed by atoms with van der Waals surface area (Å²) in [4.78, 5) is 29.8. The first-order chi connectivity index (χ1) is 18.1. The van der Waals surface area contributed by atoms with Gasteiger partial charge in [0.1, 0.15) is 12.4 Å². The molecule has 1 aromatic heterocycles. The van der Waals surface area contributed by atoms with Crippen LogP contribution in [0.25, 0.3) is 22.4 Å². The number of carbonyl (C=O) groups excluding carboxylic acids is 1. The maximum absolute atomic E-state index is 12.9. The molecule has 0 spiro atoms. The third-order valence-corrected chi connectivity index (χ3v) is 5.91. The van der Waals surface area contributed by atoms with Crippen LogP contribution in [-0.4, -0.2) is 16.9 Å². The van der Waals surface area contributed by atoms with E-state index in [-0.39, 0.29) is 11.8 Å². The van der Waals surface area contributed by atoms with Crippen LogP contribution in [0.5, 0.6) is 5.75 Å². The quantitative estimate of drug-likeness (QED) is 0.318. The number of hydrogen-bond acceptors (Lipinski definition) is 6. The van der Waals surface area contributed by atoms with Crippen molar-refractivity contribution in [1.29, 1.82) is 0 Å². The van der Waals surface area contributed by atoms with Crippen LogP contribution in [0, 0.1) is 0 Å². The molecule has 1 atom stereocenters. The molecule has 0 bridgehead atoms. The summed E-state index contributed by atoms with van der Waals surface area (Å²) in [6.45, 7) is 0.480. The van der Waals surface area contributed by atoms with E-state index in [9.17, 15) is 9.59 Å². The van der Waals surface area contributed by atoms with Gasteiger partial charge in [-0.05, 0) is 53.9 Å². The molecule has 0 fully saturated rings. The maximum atomic E-state index is 12.9. The summed E-state index contributed by atoms with van der Waals surface area (Å²) >= 11 is 0. The Morgan fingerprint density at radius 2 is 1.57 bits per heavy atom. The first-order valence-electron chi connectivity index (χ1n) is 11.9. The number of hydrogen-bond donors (Lipinski definition) is 2. The molecule has 0 radical (unpaired) electrons. The Hall–Kier alpha value is -4.75. The van der Waals surface area contributed by atoms with Gasteiger partial charge in [0.2, 0.25) is 11.8 Å². The molecule has 3 N–H and O–H groups in total. The molecule has 184 valence electrons. The largest absolute Gasteiger partial charge is 0.489 e. The molecule has 0 saturated heterocycles. The average molecular weight is 492 g/mol. The second-order valence-corrected chi connectivity index (χ2v) is 8.59. The molecule has 0 aliphatic rings. The molecule has 5 rings (SSSR count). The van der Waals surface area contributed by atoms with Gasteiger partial charge in [-0.3, -0.25) is 4.79 Å². The number of aromatic nitrogens is 1. The Kier molecular flexibility index (Phi) is 7.05. The molecule has 1 amide bonds. The zero-order valence-corrected chi connectivity index (χ0v) is 20.0. The molecule has 0 saturated carbocycles. The highest BCUT2D eigenvalue weighted by atomic mass is 16.5. The minimum atomic E-state index is -0.791. The van der Waals surface area contributed by atoms with Crippen LogP contribution < -0.4 is 21.4 Å². The fourth-order valence-corrected chi connectivity index (χ4v) is 3.95. The number of anilines is 1. The van der Waals surface area contributed by atoms with Gasteiger partial charge < -0.3 is 20.2 Å². The summed E-state index contributed by atoms with van der Waals surface area (Å²) in [5.41, 5.74) is 9.19. The Bertz CT molecular complexity index is 1580. The Balaban J connectivity index is 1.25. The minimum absolute atomic E-state index is 0.124. The van der Waals surface area contributed by atoms with E-state index in [0.29, 0.717) is 35.2 Å². The summed E-state index contributed by atoms with van der Waals surface area (Å²) in [5, 5.41) is 3.25. The van der Waals surface area contributed by atoms with Crippen LogP contribution in [0.3, 0.4) is 0 Å². The number of rotatable bonds is 8. The van der Waals surface area contributed by atoms with Crippen molar-refractivity contribution in [3.05, 3.63) is 125 Å². The molecule has 1 unspecified atom stereocenters. The lowest BCUT2D eigenvalue weighted by molar-refractivity contribution is -0.117. The number of carbonyl (C=O) groups is 1. The van der Waals surface area contributed by atoms with Crippen molar-refractivity contribution in [1.82, 2.24) is 4.98 Å². The van der Waals surface area contributed by atoms with Crippen LogP contribution in [-0.2, 0) is 17.8 Å². The summed E-state index contributed by atoms with van der Waals surface area (Å²) < 4.78 is 11.3. The lowest BCUT2D eigenvalue weighted by atomic mass is 10.1. The summed E-state index contributed by atoms with van der Waals surface area (Å²) in [7, 11) is 0. The number of ether oxygens (including phenoxy) is 1. The third-order valence-electron chi connectivity index (χ3n) is 5.91. The van der Waals surface area contributed by atoms with E-state index >= 15 is 0 Å². The number of amides is 1. The van der Waals surface area contributed by atoms with E-state index in [1.807, 2.05) is 54.6 Å². The van der Waals surface area contributed by atoms with E-state index in [1.54, 1.807) is 48.5 Å². The molecule has 0 aliphatic heterocycles. The molecule has 0 aliphatic carbocycles. The SMILES string of the molecule is NC(Cc1ccc(OCc2ccccc2)cc1)C(=O)Nc1ccccc1-c1nc2ccccc2c(=O)o1. The topological polar surface area (TPSA) is 107 Å². The van der Waals surface area contributed by atoms with Gasteiger partial charge in [-0.25, -0.2) is 9.78 Å². The molecule has 7 nitrogen and oxygen atoms in total. The van der Waals surface area contributed by atoms with Gasteiger partial charge in [0.25, 0.3) is 0 Å². The molecule has 37 heavy (non-hydrogen) atoms. The predicted molar refractivity (Wildman–Crippen MR) is 143 cm³/mol. The fraction of sp³-hybridized carbons (Fsp3) is 0.100. The molecule has 5 aromatic rings. The second-order valence-electron chi connectivity index (χ2n) is 8.59. The van der Waals surface area contributed by atoms with Crippen LogP contribution in [0.15, 0.2) is 112 Å². The fourth-order valence-electron chi connectivity index (χ4n) is 3.95. The van der Waals surface area contributed by atoms with Crippen molar-refractivity contribution in [2.75, 3.05) is 5.32 Å². The predicted octanol–water partition coefficient (Wildman–Crippen LogP) is 4.94. The summed E-state index contributed by atoms with van der Waals surface area (Å²) in [5.74, 6) is 0.503. The Labute approximate surface area is 213 Å². The van der Waals surface area contributed by atoms with Crippen LogP contribution in [0.2, 0.25) is 0 Å². The van der Waals surface area contributed by atoms with Crippen LogP contribution >= 0.6 is 0 Å². The first kappa shape index (κ1) is 24.0. The number of nitrogens with zero attached hydrogens (tertiary/aromatic N) is 1. The Morgan fingerprint density at radius 3 is 2.38 bits per heavy atom. The number of nitrogens with two attached hydrogens (primary N) is 1. The molecule has 4 aromatic carbocycles. The summed E-state index contributed by atoms with van der Waals surface area (Å²) in [6.07, 6.45) is 0.344. The van der Waals surface area contributed by atoms with E-state index in [1.165, 1.54) is 0 Å². The van der Waals surface area contributed by atoms with Crippen molar-refractivity contribution in [3.63, 3.8) is 0 Å². The maximum Gasteiger partial charge on any atom is 0.347 e. The van der Waals surface area contributed by atoms with Gasteiger partial charge in [0.05, 0.1) is 28.2 Å². The van der Waals surface area contributed by atoms with Gasteiger partial charge in [-0.2, -0.15) is 0 Å². The highest BCUT2D eigenvalue weighted by molar-refractivity contribution is 5.98. The monoisotopic (exact) mass is 491 g/mol. The number of fused-ring (bicyclic) bond motifs is 1. The van der Waals surface area contributed by atoms with Gasteiger partial charge in [-0.15, -0.1) is 0 Å². The molecule has 7 heteroatoms. The number of para-hydroxylation sites is 2. The average Bonchev–Trinajstić information content (AvgIpc) is 2.93. The highest BCUT2D eigenvalue weighted by Crippen LogP contribution is 2.27. The van der Waals surface area contributed by atoms with Gasteiger partial charge in [0, 0.05) is 0 Å². The number of benzene rings is 4. The van der Waals surface area contributed by atoms with Gasteiger partial charge >= 0.3 is 5.63 Å². The van der Waals surface area contributed by atoms with Crippen molar-refractivity contribution < 1.29 is 13.9 Å². The van der Waals surface area contributed by atoms with Gasteiger partial charge in [0.15, 0.2) is 0 Å². The van der Waals surface area contributed by atoms with Crippen molar-refractivity contribution in [2.24, 2.45) is 5.73 Å². The van der Waals surface area contributed by atoms with Crippen molar-refractivity contribution in [3.8, 4) is 17.2 Å². The van der Waals surface area contributed by atoms with Crippen molar-refractivity contribution in [2.45, 2.75) is 19.1 Å². The molecular formula is C30H25N3O4. The second kappa shape index (κ2) is 10.9. The molecule has 1 heterocycles. The van der Waals surface area contributed by atoms with E-state index in [4.69, 9.17) is 14.9 Å². The van der Waals surface area contributed by atoms with E-state index in [0.717, 1.165) is 16.9 Å². The summed E-state index contributed by atoms with van der Waals surface area (Å²) in [6, 6.07) is 30.6. The zero-order chi connectivity index (χ0) is 25.6. The van der Waals surface area contributed by atoms with Crippen LogP contribution in [0.1, 0.15) is 11.1 Å². The normalized spacial score (nSPS) is 11.7. The van der Waals surface area contributed by atoms with E-state index in [2.05, 4.69) is 10.3 Å². The lowest BCUT2D eigenvalue weighted by Gasteiger charge is -2.15. The standard InChI is InChI=1S/C30H25N3O4/c31-25(18-20-14-16-22(17-15-20)36-19-21-8-2-1-3-9-21)28(34)32-26-12-6-4-10-23(26)29-33-27-13-7-5-11-24(27)30(35)37-29/h1-17,25H,18-19,31H2,(H,32,34). The van der Waals surface area contributed by atoms with Gasteiger partial charge in [-0.1, -0.05) is 66.7 Å². The van der Waals surface area contributed by atoms with Crippen LogP contribution in [0.4, 0.5) is 5.69 Å². The zero-order valence-electron chi connectivity index (χ0n) is 20.0. The first-order valence-corrected chi connectivity index (χ1v) is 11.9. The minimum Gasteiger partial charge on any atom is -0.489 e. The third kappa shape index (κ3) is 5.74. The molecular weight excluding hydrogens is 466 g/mol.